The van der Waals surface area contributed by atoms with E-state index in [4.69, 9.17) is 0 Å². The lowest BCUT2D eigenvalue weighted by Crippen LogP contribution is -2.44. The highest BCUT2D eigenvalue weighted by atomic mass is 15.2. The van der Waals surface area contributed by atoms with Gasteiger partial charge in [-0.3, -0.25) is 4.90 Å². The van der Waals surface area contributed by atoms with Crippen molar-refractivity contribution in [2.75, 3.05) is 6.54 Å². The molecule has 1 heterocycles. The highest BCUT2D eigenvalue weighted by Crippen LogP contribution is 2.20. The zero-order valence-electron chi connectivity index (χ0n) is 10.5. The fourth-order valence-electron chi connectivity index (χ4n) is 2.85. The summed E-state index contributed by atoms with van der Waals surface area (Å²) in [5.41, 5.74) is 1.47. The van der Waals surface area contributed by atoms with Gasteiger partial charge in [0.05, 0.1) is 0 Å². The van der Waals surface area contributed by atoms with Gasteiger partial charge in [0, 0.05) is 12.1 Å². The van der Waals surface area contributed by atoms with Crippen LogP contribution in [0.2, 0.25) is 0 Å². The molecule has 1 saturated heterocycles. The van der Waals surface area contributed by atoms with Gasteiger partial charge >= 0.3 is 0 Å². The molecule has 16 heavy (non-hydrogen) atoms. The normalized spacial score (nSPS) is 24.2. The van der Waals surface area contributed by atoms with E-state index in [2.05, 4.69) is 49.1 Å². The molecule has 0 aromatic heterocycles. The molecule has 0 aliphatic carbocycles. The molecular weight excluding hydrogens is 194 g/mol. The van der Waals surface area contributed by atoms with Gasteiger partial charge in [-0.1, -0.05) is 36.8 Å². The fourth-order valence-corrected chi connectivity index (χ4v) is 2.85. The van der Waals surface area contributed by atoms with Crippen molar-refractivity contribution in [1.82, 2.24) is 4.90 Å². The first-order valence-electron chi connectivity index (χ1n) is 6.57. The molecule has 0 N–H and O–H groups in total. The maximum atomic E-state index is 2.68. The SMILES string of the molecule is CC1CCCCN1C(C)Cc1ccccc1. The van der Waals surface area contributed by atoms with Gasteiger partial charge in [0.15, 0.2) is 0 Å². The minimum atomic E-state index is 0.678. The summed E-state index contributed by atoms with van der Waals surface area (Å²) in [5, 5.41) is 0. The molecule has 0 spiro atoms. The molecule has 1 aromatic carbocycles. The maximum absolute atomic E-state index is 2.68. The van der Waals surface area contributed by atoms with Crippen molar-refractivity contribution >= 4 is 0 Å². The molecule has 1 nitrogen and oxygen atoms in total. The van der Waals surface area contributed by atoms with Crippen LogP contribution < -0.4 is 0 Å². The van der Waals surface area contributed by atoms with Crippen LogP contribution in [0.5, 0.6) is 0 Å². The molecule has 1 aliphatic rings. The molecule has 1 aliphatic heterocycles. The van der Waals surface area contributed by atoms with Gasteiger partial charge in [0.1, 0.15) is 0 Å². The Morgan fingerprint density at radius 1 is 1.25 bits per heavy atom. The first-order valence-corrected chi connectivity index (χ1v) is 6.57. The van der Waals surface area contributed by atoms with Crippen molar-refractivity contribution in [3.05, 3.63) is 35.9 Å². The van der Waals surface area contributed by atoms with Crippen LogP contribution in [0, 0.1) is 0 Å². The standard InChI is InChI=1S/C15H23N/c1-13-8-6-7-11-16(13)14(2)12-15-9-4-3-5-10-15/h3-5,9-10,13-14H,6-8,11-12H2,1-2H3. The zero-order chi connectivity index (χ0) is 11.4. The second kappa shape index (κ2) is 5.49. The number of rotatable bonds is 3. The summed E-state index contributed by atoms with van der Waals surface area (Å²) in [6.07, 6.45) is 5.35. The molecule has 2 rings (SSSR count). The Kier molecular flexibility index (Phi) is 4.00. The van der Waals surface area contributed by atoms with Gasteiger partial charge in [0.25, 0.3) is 0 Å². The third-order valence-corrected chi connectivity index (χ3v) is 3.79. The Morgan fingerprint density at radius 2 is 2.00 bits per heavy atom. The zero-order valence-corrected chi connectivity index (χ0v) is 10.5. The van der Waals surface area contributed by atoms with E-state index in [1.54, 1.807) is 0 Å². The van der Waals surface area contributed by atoms with Crippen LogP contribution >= 0.6 is 0 Å². The van der Waals surface area contributed by atoms with E-state index in [0.717, 1.165) is 6.04 Å². The van der Waals surface area contributed by atoms with Crippen molar-refractivity contribution < 1.29 is 0 Å². The second-order valence-electron chi connectivity index (χ2n) is 5.12. The van der Waals surface area contributed by atoms with E-state index in [1.165, 1.54) is 37.8 Å². The molecule has 1 heteroatoms. The highest BCUT2D eigenvalue weighted by molar-refractivity contribution is 5.15. The fraction of sp³-hybridized carbons (Fsp3) is 0.600. The van der Waals surface area contributed by atoms with E-state index in [9.17, 15) is 0 Å². The lowest BCUT2D eigenvalue weighted by molar-refractivity contribution is 0.114. The van der Waals surface area contributed by atoms with Gasteiger partial charge in [-0.2, -0.15) is 0 Å². The summed E-state index contributed by atoms with van der Waals surface area (Å²) in [6.45, 7) is 6.03. The number of nitrogens with zero attached hydrogens (tertiary/aromatic N) is 1. The summed E-state index contributed by atoms with van der Waals surface area (Å²) in [7, 11) is 0. The third-order valence-electron chi connectivity index (χ3n) is 3.79. The summed E-state index contributed by atoms with van der Waals surface area (Å²) in [5.74, 6) is 0. The third kappa shape index (κ3) is 2.85. The van der Waals surface area contributed by atoms with Crippen molar-refractivity contribution in [2.24, 2.45) is 0 Å². The summed E-state index contributed by atoms with van der Waals surface area (Å²) in [6, 6.07) is 12.3. The molecule has 0 radical (unpaired) electrons. The number of hydrogen-bond acceptors (Lipinski definition) is 1. The molecule has 0 saturated carbocycles. The average Bonchev–Trinajstić information content (AvgIpc) is 2.31. The Bertz CT molecular complexity index is 306. The van der Waals surface area contributed by atoms with Crippen LogP contribution in [0.15, 0.2) is 30.3 Å². The molecular formula is C15H23N. The molecule has 0 amide bonds. The lowest BCUT2D eigenvalue weighted by Gasteiger charge is -2.38. The summed E-state index contributed by atoms with van der Waals surface area (Å²) < 4.78 is 0. The van der Waals surface area contributed by atoms with E-state index >= 15 is 0 Å². The minimum absolute atomic E-state index is 0.678. The number of hydrogen-bond donors (Lipinski definition) is 0. The Labute approximate surface area is 99.5 Å². The van der Waals surface area contributed by atoms with E-state index in [0.29, 0.717) is 6.04 Å². The molecule has 1 aromatic rings. The minimum Gasteiger partial charge on any atom is -0.298 e. The van der Waals surface area contributed by atoms with Crippen LogP contribution in [0.1, 0.15) is 38.7 Å². The van der Waals surface area contributed by atoms with Gasteiger partial charge < -0.3 is 0 Å². The first-order chi connectivity index (χ1) is 7.77. The highest BCUT2D eigenvalue weighted by Gasteiger charge is 2.22. The predicted molar refractivity (Wildman–Crippen MR) is 69.6 cm³/mol. The van der Waals surface area contributed by atoms with Crippen LogP contribution in [-0.4, -0.2) is 23.5 Å². The van der Waals surface area contributed by atoms with Gasteiger partial charge in [-0.15, -0.1) is 0 Å². The first kappa shape index (κ1) is 11.7. The lowest BCUT2D eigenvalue weighted by atomic mass is 9.98. The molecule has 88 valence electrons. The molecule has 1 fully saturated rings. The van der Waals surface area contributed by atoms with Gasteiger partial charge in [0.2, 0.25) is 0 Å². The van der Waals surface area contributed by atoms with E-state index < -0.39 is 0 Å². The van der Waals surface area contributed by atoms with Crippen LogP contribution in [-0.2, 0) is 6.42 Å². The quantitative estimate of drug-likeness (QED) is 0.749. The Balaban J connectivity index is 1.94. The number of likely N-dealkylation sites (tertiary alicyclic amines) is 1. The average molecular weight is 217 g/mol. The van der Waals surface area contributed by atoms with Gasteiger partial charge in [-0.05, 0) is 45.2 Å². The summed E-state index contributed by atoms with van der Waals surface area (Å²) >= 11 is 0. The molecule has 2 atom stereocenters. The number of piperidine rings is 1. The predicted octanol–water partition coefficient (Wildman–Crippen LogP) is 3.49. The Hall–Kier alpha value is -0.820. The maximum Gasteiger partial charge on any atom is 0.0110 e. The van der Waals surface area contributed by atoms with Crippen molar-refractivity contribution in [3.63, 3.8) is 0 Å². The second-order valence-corrected chi connectivity index (χ2v) is 5.12. The summed E-state index contributed by atoms with van der Waals surface area (Å²) in [4.78, 5) is 2.68. The van der Waals surface area contributed by atoms with Crippen molar-refractivity contribution in [1.29, 1.82) is 0 Å². The Morgan fingerprint density at radius 3 is 2.69 bits per heavy atom. The van der Waals surface area contributed by atoms with Crippen LogP contribution in [0.3, 0.4) is 0 Å². The van der Waals surface area contributed by atoms with Crippen LogP contribution in [0.25, 0.3) is 0 Å². The van der Waals surface area contributed by atoms with Gasteiger partial charge in [-0.25, -0.2) is 0 Å². The van der Waals surface area contributed by atoms with E-state index in [1.807, 2.05) is 0 Å². The van der Waals surface area contributed by atoms with Crippen molar-refractivity contribution in [3.8, 4) is 0 Å². The topological polar surface area (TPSA) is 3.24 Å². The molecule has 2 unspecified atom stereocenters. The smallest absolute Gasteiger partial charge is 0.0110 e. The molecule has 0 bridgehead atoms. The largest absolute Gasteiger partial charge is 0.298 e. The van der Waals surface area contributed by atoms with Crippen molar-refractivity contribution in [2.45, 2.75) is 51.6 Å². The number of benzene rings is 1. The van der Waals surface area contributed by atoms with Crippen LogP contribution in [0.4, 0.5) is 0 Å². The monoisotopic (exact) mass is 217 g/mol. The van der Waals surface area contributed by atoms with E-state index in [-0.39, 0.29) is 0 Å².